The quantitative estimate of drug-likeness (QED) is 0.804. The Hall–Kier alpha value is -0.120. The lowest BCUT2D eigenvalue weighted by atomic mass is 9.66. The van der Waals surface area contributed by atoms with Gasteiger partial charge in [-0.3, -0.25) is 0 Å². The number of fused-ring (bicyclic) bond motifs is 4. The fraction of sp³-hybridized carbons (Fsp3) is 1.00. The third-order valence-electron chi connectivity index (χ3n) is 6.90. The maximum absolute atomic E-state index is 6.63. The molecule has 7 unspecified atom stereocenters. The molecular weight excluding hydrogens is 260 g/mol. The smallest absolute Gasteiger partial charge is 0.0747 e. The monoisotopic (exact) mass is 292 g/mol. The number of nitrogens with zero attached hydrogens (tertiary/aromatic N) is 1. The minimum Gasteiger partial charge on any atom is -0.372 e. The average molecular weight is 292 g/mol. The summed E-state index contributed by atoms with van der Waals surface area (Å²) in [5.41, 5.74) is 0. The van der Waals surface area contributed by atoms with Crippen LogP contribution in [0.5, 0.6) is 0 Å². The van der Waals surface area contributed by atoms with Crippen molar-refractivity contribution >= 4 is 0 Å². The molecule has 3 heteroatoms. The molecule has 0 spiro atoms. The standard InChI is InChI=1S/C18H32N2O/c1-20(2)13-8-9-15-17(11-13)21-16-10-7-12-5-3-4-6-14(12)18(16)19-15/h12-19H,3-11H2,1-2H3. The van der Waals surface area contributed by atoms with E-state index in [4.69, 9.17) is 4.74 Å². The third-order valence-corrected chi connectivity index (χ3v) is 6.90. The zero-order valence-corrected chi connectivity index (χ0v) is 13.8. The molecule has 120 valence electrons. The van der Waals surface area contributed by atoms with E-state index in [1.807, 2.05) is 0 Å². The van der Waals surface area contributed by atoms with Crippen molar-refractivity contribution in [1.82, 2.24) is 10.2 Å². The minimum atomic E-state index is 0.465. The first-order valence-electron chi connectivity index (χ1n) is 9.30. The summed E-state index contributed by atoms with van der Waals surface area (Å²) in [5.74, 6) is 1.90. The first-order valence-corrected chi connectivity index (χ1v) is 9.30. The highest BCUT2D eigenvalue weighted by Gasteiger charge is 2.48. The Balaban J connectivity index is 1.45. The molecule has 0 bridgehead atoms. The number of hydrogen-bond donors (Lipinski definition) is 1. The van der Waals surface area contributed by atoms with Crippen molar-refractivity contribution in [2.45, 2.75) is 88.1 Å². The minimum absolute atomic E-state index is 0.465. The molecule has 4 fully saturated rings. The van der Waals surface area contributed by atoms with Crippen LogP contribution in [0.3, 0.4) is 0 Å². The summed E-state index contributed by atoms with van der Waals surface area (Å²) in [6.07, 6.45) is 13.4. The lowest BCUT2D eigenvalue weighted by Crippen LogP contribution is -2.65. The molecule has 0 aromatic heterocycles. The summed E-state index contributed by atoms with van der Waals surface area (Å²) in [6.45, 7) is 0. The van der Waals surface area contributed by atoms with Gasteiger partial charge in [0.05, 0.1) is 12.2 Å². The predicted molar refractivity (Wildman–Crippen MR) is 85.4 cm³/mol. The van der Waals surface area contributed by atoms with Crippen molar-refractivity contribution < 1.29 is 4.74 Å². The van der Waals surface area contributed by atoms with Gasteiger partial charge >= 0.3 is 0 Å². The van der Waals surface area contributed by atoms with Crippen molar-refractivity contribution in [2.24, 2.45) is 11.8 Å². The zero-order valence-electron chi connectivity index (χ0n) is 13.8. The van der Waals surface area contributed by atoms with Crippen molar-refractivity contribution in [1.29, 1.82) is 0 Å². The van der Waals surface area contributed by atoms with Gasteiger partial charge in [0.25, 0.3) is 0 Å². The molecule has 1 N–H and O–H groups in total. The van der Waals surface area contributed by atoms with Crippen molar-refractivity contribution in [3.63, 3.8) is 0 Å². The molecule has 1 heterocycles. The van der Waals surface area contributed by atoms with Crippen LogP contribution < -0.4 is 5.32 Å². The fourth-order valence-electron chi connectivity index (χ4n) is 5.67. The predicted octanol–water partition coefficient (Wildman–Crippen LogP) is 2.79. The van der Waals surface area contributed by atoms with E-state index in [0.29, 0.717) is 24.3 Å². The molecule has 1 aliphatic heterocycles. The van der Waals surface area contributed by atoms with Crippen LogP contribution in [0, 0.1) is 11.8 Å². The van der Waals surface area contributed by atoms with E-state index < -0.39 is 0 Å². The van der Waals surface area contributed by atoms with Crippen LogP contribution in [0.4, 0.5) is 0 Å². The van der Waals surface area contributed by atoms with E-state index in [9.17, 15) is 0 Å². The van der Waals surface area contributed by atoms with Gasteiger partial charge in [-0.1, -0.05) is 19.3 Å². The van der Waals surface area contributed by atoms with Gasteiger partial charge in [-0.2, -0.15) is 0 Å². The molecule has 7 atom stereocenters. The maximum atomic E-state index is 6.63. The highest BCUT2D eigenvalue weighted by Crippen LogP contribution is 2.44. The molecular formula is C18H32N2O. The molecule has 3 saturated carbocycles. The molecule has 4 aliphatic rings. The van der Waals surface area contributed by atoms with Gasteiger partial charge in [0, 0.05) is 18.1 Å². The summed E-state index contributed by atoms with van der Waals surface area (Å²) >= 11 is 0. The number of hydrogen-bond acceptors (Lipinski definition) is 3. The number of ether oxygens (including phenoxy) is 1. The molecule has 0 amide bonds. The number of nitrogens with one attached hydrogen (secondary N) is 1. The molecule has 0 aromatic carbocycles. The summed E-state index contributed by atoms with van der Waals surface area (Å²) in [4.78, 5) is 2.39. The van der Waals surface area contributed by atoms with E-state index in [1.165, 1.54) is 57.8 Å². The number of rotatable bonds is 1. The Labute approximate surface area is 129 Å². The molecule has 1 saturated heterocycles. The molecule has 3 nitrogen and oxygen atoms in total. The highest BCUT2D eigenvalue weighted by molar-refractivity contribution is 5.02. The van der Waals surface area contributed by atoms with Crippen LogP contribution in [0.1, 0.15) is 57.8 Å². The van der Waals surface area contributed by atoms with Gasteiger partial charge in [0.1, 0.15) is 0 Å². The van der Waals surface area contributed by atoms with Gasteiger partial charge in [-0.05, 0) is 64.5 Å². The van der Waals surface area contributed by atoms with Gasteiger partial charge in [-0.25, -0.2) is 0 Å². The first kappa shape index (κ1) is 14.5. The van der Waals surface area contributed by atoms with Crippen molar-refractivity contribution in [3.05, 3.63) is 0 Å². The lowest BCUT2D eigenvalue weighted by Gasteiger charge is -2.54. The Bertz CT molecular complexity index is 372. The van der Waals surface area contributed by atoms with E-state index in [0.717, 1.165) is 17.9 Å². The lowest BCUT2D eigenvalue weighted by molar-refractivity contribution is -0.145. The molecule has 4 rings (SSSR count). The van der Waals surface area contributed by atoms with Crippen LogP contribution in [0.15, 0.2) is 0 Å². The maximum Gasteiger partial charge on any atom is 0.0747 e. The largest absolute Gasteiger partial charge is 0.372 e. The van der Waals surface area contributed by atoms with E-state index >= 15 is 0 Å². The Kier molecular flexibility index (Phi) is 4.01. The van der Waals surface area contributed by atoms with Gasteiger partial charge in [0.2, 0.25) is 0 Å². The fourth-order valence-corrected chi connectivity index (χ4v) is 5.67. The Morgan fingerprint density at radius 2 is 1.76 bits per heavy atom. The Morgan fingerprint density at radius 1 is 0.905 bits per heavy atom. The van der Waals surface area contributed by atoms with Crippen molar-refractivity contribution in [2.75, 3.05) is 14.1 Å². The molecule has 0 aromatic rings. The topological polar surface area (TPSA) is 24.5 Å². The molecule has 3 aliphatic carbocycles. The third kappa shape index (κ3) is 2.66. The molecule has 21 heavy (non-hydrogen) atoms. The zero-order chi connectivity index (χ0) is 14.4. The van der Waals surface area contributed by atoms with E-state index in [1.54, 1.807) is 0 Å². The van der Waals surface area contributed by atoms with Gasteiger partial charge < -0.3 is 15.0 Å². The first-order chi connectivity index (χ1) is 10.2. The summed E-state index contributed by atoms with van der Waals surface area (Å²) in [6, 6.07) is 2.01. The SMILES string of the molecule is CN(C)C1CCC2NC3C(CCC4CCCCC43)OC2C1. The van der Waals surface area contributed by atoms with Crippen LogP contribution in [0.25, 0.3) is 0 Å². The second-order valence-electron chi connectivity index (χ2n) is 8.23. The van der Waals surface area contributed by atoms with Crippen LogP contribution in [0.2, 0.25) is 0 Å². The number of morpholine rings is 1. The summed E-state index contributed by atoms with van der Waals surface area (Å²) in [5, 5.41) is 4.07. The van der Waals surface area contributed by atoms with E-state index in [2.05, 4.69) is 24.3 Å². The second kappa shape index (κ2) is 5.82. The highest BCUT2D eigenvalue weighted by atomic mass is 16.5. The Morgan fingerprint density at radius 3 is 2.62 bits per heavy atom. The normalized spacial score (nSPS) is 50.1. The molecule has 0 radical (unpaired) electrons. The second-order valence-corrected chi connectivity index (χ2v) is 8.23. The van der Waals surface area contributed by atoms with Crippen LogP contribution in [-0.4, -0.2) is 49.3 Å². The summed E-state index contributed by atoms with van der Waals surface area (Å²) < 4.78 is 6.63. The van der Waals surface area contributed by atoms with E-state index in [-0.39, 0.29) is 0 Å². The average Bonchev–Trinajstić information content (AvgIpc) is 2.52. The summed E-state index contributed by atoms with van der Waals surface area (Å²) in [7, 11) is 4.44. The van der Waals surface area contributed by atoms with Crippen LogP contribution in [-0.2, 0) is 4.74 Å². The van der Waals surface area contributed by atoms with Gasteiger partial charge in [0.15, 0.2) is 0 Å². The van der Waals surface area contributed by atoms with Crippen molar-refractivity contribution in [3.8, 4) is 0 Å². The van der Waals surface area contributed by atoms with Gasteiger partial charge in [-0.15, -0.1) is 0 Å². The van der Waals surface area contributed by atoms with Crippen LogP contribution >= 0.6 is 0 Å².